The quantitative estimate of drug-likeness (QED) is 0.620. The van der Waals surface area contributed by atoms with Crippen molar-refractivity contribution in [3.63, 3.8) is 0 Å². The Morgan fingerprint density at radius 2 is 1.93 bits per heavy atom. The standard InChI is InChI=1S/C17H25FN4O3.2ClH/c1-12(11-19)17(24)20-13-2-3-14(18)15(10-13)21-16(23)4-5-22-6-8-25-9-7-22;;/h2-3,10,12H,4-9,11,19H2,1H3,(H,20,24)(H,21,23);2*1H. The normalized spacial score (nSPS) is 15.1. The molecule has 1 aromatic rings. The van der Waals surface area contributed by atoms with Gasteiger partial charge >= 0.3 is 0 Å². The molecule has 1 aliphatic rings. The van der Waals surface area contributed by atoms with Gasteiger partial charge in [0.05, 0.1) is 18.9 Å². The smallest absolute Gasteiger partial charge is 0.228 e. The van der Waals surface area contributed by atoms with Crippen molar-refractivity contribution in [3.8, 4) is 0 Å². The molecule has 0 radical (unpaired) electrons. The second-order valence-electron chi connectivity index (χ2n) is 6.07. The van der Waals surface area contributed by atoms with Crippen LogP contribution in [0.1, 0.15) is 13.3 Å². The molecule has 1 aliphatic heterocycles. The van der Waals surface area contributed by atoms with Gasteiger partial charge in [0.2, 0.25) is 11.8 Å². The lowest BCUT2D eigenvalue weighted by Crippen LogP contribution is -2.38. The van der Waals surface area contributed by atoms with Gasteiger partial charge in [0, 0.05) is 44.2 Å². The molecule has 1 heterocycles. The predicted molar refractivity (Wildman–Crippen MR) is 108 cm³/mol. The summed E-state index contributed by atoms with van der Waals surface area (Å²) in [5.41, 5.74) is 5.91. The molecule has 0 spiro atoms. The average Bonchev–Trinajstić information content (AvgIpc) is 2.63. The molecule has 1 saturated heterocycles. The maximum Gasteiger partial charge on any atom is 0.228 e. The van der Waals surface area contributed by atoms with Crippen molar-refractivity contribution in [1.82, 2.24) is 4.90 Å². The minimum absolute atomic E-state index is 0. The molecule has 4 N–H and O–H groups in total. The Morgan fingerprint density at radius 1 is 1.26 bits per heavy atom. The number of benzene rings is 1. The van der Waals surface area contributed by atoms with E-state index in [1.807, 2.05) is 0 Å². The Morgan fingerprint density at radius 3 is 2.56 bits per heavy atom. The molecular weight excluding hydrogens is 398 g/mol. The van der Waals surface area contributed by atoms with E-state index in [9.17, 15) is 14.0 Å². The topological polar surface area (TPSA) is 96.7 Å². The van der Waals surface area contributed by atoms with E-state index in [2.05, 4.69) is 15.5 Å². The van der Waals surface area contributed by atoms with Crippen molar-refractivity contribution in [1.29, 1.82) is 0 Å². The number of halogens is 3. The lowest BCUT2D eigenvalue weighted by atomic mass is 10.1. The number of nitrogens with one attached hydrogen (secondary N) is 2. The maximum absolute atomic E-state index is 13.9. The monoisotopic (exact) mass is 424 g/mol. The van der Waals surface area contributed by atoms with Crippen molar-refractivity contribution < 1.29 is 18.7 Å². The lowest BCUT2D eigenvalue weighted by Gasteiger charge is -2.26. The molecule has 0 aliphatic carbocycles. The van der Waals surface area contributed by atoms with Crippen LogP contribution in [0, 0.1) is 11.7 Å². The van der Waals surface area contributed by atoms with Gasteiger partial charge in [-0.1, -0.05) is 6.92 Å². The van der Waals surface area contributed by atoms with Crippen molar-refractivity contribution in [3.05, 3.63) is 24.0 Å². The Hall–Kier alpha value is -1.45. The van der Waals surface area contributed by atoms with Crippen LogP contribution in [0.5, 0.6) is 0 Å². The van der Waals surface area contributed by atoms with E-state index >= 15 is 0 Å². The van der Waals surface area contributed by atoms with Crippen LogP contribution in [0.2, 0.25) is 0 Å². The Labute approximate surface area is 171 Å². The maximum atomic E-state index is 13.9. The van der Waals surface area contributed by atoms with Crippen LogP contribution < -0.4 is 16.4 Å². The van der Waals surface area contributed by atoms with E-state index in [0.717, 1.165) is 13.1 Å². The summed E-state index contributed by atoms with van der Waals surface area (Å²) in [5.74, 6) is -1.43. The van der Waals surface area contributed by atoms with E-state index < -0.39 is 5.82 Å². The number of nitrogens with two attached hydrogens (primary N) is 1. The van der Waals surface area contributed by atoms with Crippen LogP contribution in [0.25, 0.3) is 0 Å². The van der Waals surface area contributed by atoms with E-state index in [0.29, 0.717) is 25.4 Å². The fourth-order valence-electron chi connectivity index (χ4n) is 2.37. The first-order chi connectivity index (χ1) is 12.0. The molecule has 10 heteroatoms. The zero-order chi connectivity index (χ0) is 18.2. The summed E-state index contributed by atoms with van der Waals surface area (Å²) >= 11 is 0. The molecule has 0 aromatic heterocycles. The molecule has 1 fully saturated rings. The van der Waals surface area contributed by atoms with Gasteiger partial charge in [-0.05, 0) is 18.2 Å². The molecule has 0 saturated carbocycles. The third-order valence-electron chi connectivity index (χ3n) is 4.07. The molecule has 7 nitrogen and oxygen atoms in total. The Kier molecular flexibility index (Phi) is 12.2. The van der Waals surface area contributed by atoms with Crippen molar-refractivity contribution in [2.24, 2.45) is 11.7 Å². The summed E-state index contributed by atoms with van der Waals surface area (Å²) in [6.45, 7) is 5.44. The molecule has 1 atom stereocenters. The molecule has 2 amide bonds. The van der Waals surface area contributed by atoms with Crippen molar-refractivity contribution in [2.45, 2.75) is 13.3 Å². The van der Waals surface area contributed by atoms with Gasteiger partial charge in [-0.2, -0.15) is 0 Å². The second kappa shape index (κ2) is 12.9. The fourth-order valence-corrected chi connectivity index (χ4v) is 2.37. The van der Waals surface area contributed by atoms with Crippen LogP contribution in [-0.2, 0) is 14.3 Å². The molecule has 1 aromatic carbocycles. The van der Waals surface area contributed by atoms with Crippen LogP contribution >= 0.6 is 24.8 Å². The molecule has 27 heavy (non-hydrogen) atoms. The van der Waals surface area contributed by atoms with Gasteiger partial charge in [0.15, 0.2) is 0 Å². The molecule has 0 bridgehead atoms. The van der Waals surface area contributed by atoms with Gasteiger partial charge in [-0.25, -0.2) is 4.39 Å². The Balaban J connectivity index is 0.00000338. The molecular formula is C17H27Cl2FN4O3. The number of hydrogen-bond donors (Lipinski definition) is 3. The first-order valence-corrected chi connectivity index (χ1v) is 8.40. The van der Waals surface area contributed by atoms with Crippen molar-refractivity contribution in [2.75, 3.05) is 50.0 Å². The number of anilines is 2. The highest BCUT2D eigenvalue weighted by molar-refractivity contribution is 5.95. The highest BCUT2D eigenvalue weighted by Gasteiger charge is 2.15. The van der Waals surface area contributed by atoms with Gasteiger partial charge in [0.25, 0.3) is 0 Å². The first-order valence-electron chi connectivity index (χ1n) is 8.40. The van der Waals surface area contributed by atoms with Gasteiger partial charge < -0.3 is 21.1 Å². The van der Waals surface area contributed by atoms with Gasteiger partial charge in [0.1, 0.15) is 5.82 Å². The summed E-state index contributed by atoms with van der Waals surface area (Å²) in [4.78, 5) is 26.0. The second-order valence-corrected chi connectivity index (χ2v) is 6.07. The number of rotatable bonds is 7. The number of carbonyl (C=O) groups is 2. The third kappa shape index (κ3) is 8.40. The van der Waals surface area contributed by atoms with Crippen molar-refractivity contribution >= 4 is 48.0 Å². The minimum Gasteiger partial charge on any atom is -0.379 e. The highest BCUT2D eigenvalue weighted by Crippen LogP contribution is 2.20. The van der Waals surface area contributed by atoms with E-state index in [-0.39, 0.29) is 61.2 Å². The largest absolute Gasteiger partial charge is 0.379 e. The number of hydrogen-bond acceptors (Lipinski definition) is 5. The number of nitrogens with zero attached hydrogens (tertiary/aromatic N) is 1. The Bertz CT molecular complexity index is 616. The minimum atomic E-state index is -0.551. The van der Waals surface area contributed by atoms with E-state index in [1.54, 1.807) is 6.92 Å². The van der Waals surface area contributed by atoms with Crippen LogP contribution in [-0.4, -0.2) is 56.1 Å². The summed E-state index contributed by atoms with van der Waals surface area (Å²) in [6.07, 6.45) is 0.264. The van der Waals surface area contributed by atoms with Gasteiger partial charge in [-0.3, -0.25) is 14.5 Å². The van der Waals surface area contributed by atoms with Crippen LogP contribution in [0.15, 0.2) is 18.2 Å². The number of morpholine rings is 1. The molecule has 154 valence electrons. The molecule has 2 rings (SSSR count). The van der Waals surface area contributed by atoms with Crippen LogP contribution in [0.4, 0.5) is 15.8 Å². The average molecular weight is 425 g/mol. The summed E-state index contributed by atoms with van der Waals surface area (Å²) in [7, 11) is 0. The number of carbonyl (C=O) groups excluding carboxylic acids is 2. The zero-order valence-electron chi connectivity index (χ0n) is 15.2. The van der Waals surface area contributed by atoms with Gasteiger partial charge in [-0.15, -0.1) is 24.8 Å². The fraction of sp³-hybridized carbons (Fsp3) is 0.529. The highest BCUT2D eigenvalue weighted by atomic mass is 35.5. The van der Waals surface area contributed by atoms with E-state index in [1.165, 1.54) is 18.2 Å². The summed E-state index contributed by atoms with van der Waals surface area (Å²) < 4.78 is 19.2. The number of ether oxygens (including phenoxy) is 1. The third-order valence-corrected chi connectivity index (χ3v) is 4.07. The number of amides is 2. The summed E-state index contributed by atoms with van der Waals surface area (Å²) in [5, 5.41) is 5.22. The first kappa shape index (κ1) is 25.6. The summed E-state index contributed by atoms with van der Waals surface area (Å²) in [6, 6.07) is 4.06. The molecule has 1 unspecified atom stereocenters. The SMILES string of the molecule is CC(CN)C(=O)Nc1ccc(F)c(NC(=O)CCN2CCOCC2)c1.Cl.Cl. The lowest BCUT2D eigenvalue weighted by molar-refractivity contribution is -0.119. The van der Waals surface area contributed by atoms with E-state index in [4.69, 9.17) is 10.5 Å². The zero-order valence-corrected chi connectivity index (χ0v) is 16.8. The van der Waals surface area contributed by atoms with Crippen LogP contribution in [0.3, 0.4) is 0 Å². The predicted octanol–water partition coefficient (Wildman–Crippen LogP) is 1.86.